The largest absolute Gasteiger partial charge is 0.380 e. The van der Waals surface area contributed by atoms with Crippen molar-refractivity contribution in [3.63, 3.8) is 0 Å². The predicted octanol–water partition coefficient (Wildman–Crippen LogP) is 4.57. The van der Waals surface area contributed by atoms with E-state index in [9.17, 15) is 9.90 Å². The lowest BCUT2D eigenvalue weighted by Gasteiger charge is -2.55. The molecule has 1 aromatic carbocycles. The molecule has 2 aliphatic rings. The predicted molar refractivity (Wildman–Crippen MR) is 152 cm³/mol. The second-order valence-corrected chi connectivity index (χ2v) is 12.5. The molecule has 2 aliphatic heterocycles. The smallest absolute Gasteiger partial charge is 0.223 e. The zero-order valence-electron chi connectivity index (χ0n) is 24.3. The Labute approximate surface area is 232 Å². The van der Waals surface area contributed by atoms with Crippen LogP contribution in [0.25, 0.3) is 11.4 Å². The molecule has 2 aromatic heterocycles. The Hall–Kier alpha value is -3.10. The molecule has 8 heteroatoms. The van der Waals surface area contributed by atoms with Gasteiger partial charge in [-0.15, -0.1) is 0 Å². The van der Waals surface area contributed by atoms with E-state index in [1.165, 1.54) is 5.56 Å². The fourth-order valence-electron chi connectivity index (χ4n) is 6.39. The number of hydrogen-bond donors (Lipinski definition) is 1. The zero-order valence-corrected chi connectivity index (χ0v) is 24.3. The average Bonchev–Trinajstić information content (AvgIpc) is 3.35. The first-order chi connectivity index (χ1) is 18.4. The lowest BCUT2D eigenvalue weighted by molar-refractivity contribution is -0.132. The van der Waals surface area contributed by atoms with Crippen molar-refractivity contribution in [3.05, 3.63) is 65.2 Å². The van der Waals surface area contributed by atoms with E-state index in [1.54, 1.807) is 17.3 Å². The van der Waals surface area contributed by atoms with Gasteiger partial charge in [-0.3, -0.25) is 9.78 Å². The molecule has 0 aliphatic carbocycles. The highest BCUT2D eigenvalue weighted by atomic mass is 16.3. The minimum atomic E-state index is -1.23. The van der Waals surface area contributed by atoms with Crippen LogP contribution in [0.2, 0.25) is 0 Å². The molecule has 0 bridgehead atoms. The molecule has 2 atom stereocenters. The quantitative estimate of drug-likeness (QED) is 0.482. The van der Waals surface area contributed by atoms with Gasteiger partial charge in [0.2, 0.25) is 5.91 Å². The first-order valence-corrected chi connectivity index (χ1v) is 14.1. The summed E-state index contributed by atoms with van der Waals surface area (Å²) in [7, 11) is 3.93. The molecular formula is C31H42N6O2. The van der Waals surface area contributed by atoms with Crippen molar-refractivity contribution in [2.75, 3.05) is 33.7 Å². The fourth-order valence-corrected chi connectivity index (χ4v) is 6.39. The fraction of sp³-hybridized carbons (Fsp3) is 0.548. The molecule has 2 fully saturated rings. The van der Waals surface area contributed by atoms with Crippen molar-refractivity contribution in [2.24, 2.45) is 5.41 Å². The van der Waals surface area contributed by atoms with Gasteiger partial charge in [0.05, 0.1) is 0 Å². The number of rotatable bonds is 7. The number of aliphatic hydroxyl groups is 1. The standard InChI is InChI=1S/C31H42N6O2/c1-20(2)22-8-10-25(11-9-22)31(39,30(5)18-35(6)19-30)26-14-24(16-32-17-26)28-33-29(37(34-28)21(3)4)23-12-13-36(7)27(38)15-23/h8-11,14,16-17,20-21,23,39H,12-13,15,18-19H2,1-7H3. The van der Waals surface area contributed by atoms with Gasteiger partial charge in [-0.2, -0.15) is 5.10 Å². The summed E-state index contributed by atoms with van der Waals surface area (Å²) in [6, 6.07) is 10.5. The average molecular weight is 531 g/mol. The van der Waals surface area contributed by atoms with Crippen molar-refractivity contribution < 1.29 is 9.90 Å². The van der Waals surface area contributed by atoms with Crippen LogP contribution >= 0.6 is 0 Å². The van der Waals surface area contributed by atoms with E-state index < -0.39 is 5.60 Å². The molecule has 2 unspecified atom stereocenters. The number of pyridine rings is 1. The van der Waals surface area contributed by atoms with E-state index in [1.807, 2.05) is 17.8 Å². The van der Waals surface area contributed by atoms with Gasteiger partial charge in [0.15, 0.2) is 5.82 Å². The van der Waals surface area contributed by atoms with E-state index in [4.69, 9.17) is 10.1 Å². The van der Waals surface area contributed by atoms with Crippen molar-refractivity contribution in [1.82, 2.24) is 29.5 Å². The normalized spacial score (nSPS) is 21.3. The number of aromatic nitrogens is 4. The summed E-state index contributed by atoms with van der Waals surface area (Å²) in [4.78, 5) is 26.0. The number of amides is 1. The highest BCUT2D eigenvalue weighted by Gasteiger charge is 2.55. The van der Waals surface area contributed by atoms with E-state index in [0.29, 0.717) is 18.2 Å². The minimum absolute atomic E-state index is 0.0364. The second kappa shape index (κ2) is 10.1. The Kier molecular flexibility index (Phi) is 7.14. The summed E-state index contributed by atoms with van der Waals surface area (Å²) in [6.07, 6.45) is 4.85. The van der Waals surface area contributed by atoms with E-state index in [-0.39, 0.29) is 23.3 Å². The Bertz CT molecular complexity index is 1340. The van der Waals surface area contributed by atoms with Gasteiger partial charge < -0.3 is 14.9 Å². The summed E-state index contributed by atoms with van der Waals surface area (Å²) >= 11 is 0. The topological polar surface area (TPSA) is 87.4 Å². The van der Waals surface area contributed by atoms with E-state index in [2.05, 4.69) is 75.8 Å². The van der Waals surface area contributed by atoms with Crippen LogP contribution in [0.3, 0.4) is 0 Å². The SMILES string of the molecule is CC(C)c1ccc(C(O)(c2cncc(-c3nc(C4CCN(C)C(=O)C4)n(C(C)C)n3)c2)C2(C)CN(C)C2)cc1. The lowest BCUT2D eigenvalue weighted by atomic mass is 9.62. The monoisotopic (exact) mass is 530 g/mol. The maximum absolute atomic E-state index is 12.6. The third kappa shape index (κ3) is 4.78. The van der Waals surface area contributed by atoms with Crippen molar-refractivity contribution in [1.29, 1.82) is 0 Å². The van der Waals surface area contributed by atoms with E-state index in [0.717, 1.165) is 48.6 Å². The van der Waals surface area contributed by atoms with Gasteiger partial charge in [0.25, 0.3) is 0 Å². The molecule has 2 saturated heterocycles. The number of piperidine rings is 1. The van der Waals surface area contributed by atoms with Crippen LogP contribution in [0.1, 0.15) is 87.9 Å². The van der Waals surface area contributed by atoms with Crippen LogP contribution in [-0.2, 0) is 10.4 Å². The zero-order chi connectivity index (χ0) is 28.1. The van der Waals surface area contributed by atoms with Gasteiger partial charge in [-0.05, 0) is 50.4 Å². The molecule has 1 N–H and O–H groups in total. The Balaban J connectivity index is 1.57. The van der Waals surface area contributed by atoms with Gasteiger partial charge in [0.1, 0.15) is 11.4 Å². The first-order valence-electron chi connectivity index (χ1n) is 14.1. The number of hydrogen-bond acceptors (Lipinski definition) is 6. The molecule has 8 nitrogen and oxygen atoms in total. The second-order valence-electron chi connectivity index (χ2n) is 12.5. The van der Waals surface area contributed by atoms with Crippen LogP contribution in [0.4, 0.5) is 0 Å². The first kappa shape index (κ1) is 27.5. The van der Waals surface area contributed by atoms with Gasteiger partial charge in [-0.25, -0.2) is 9.67 Å². The van der Waals surface area contributed by atoms with E-state index >= 15 is 0 Å². The number of carbonyl (C=O) groups excluding carboxylic acids is 1. The summed E-state index contributed by atoms with van der Waals surface area (Å²) in [5.74, 6) is 2.02. The number of carbonyl (C=O) groups is 1. The third-order valence-corrected chi connectivity index (χ3v) is 8.69. The minimum Gasteiger partial charge on any atom is -0.380 e. The summed E-state index contributed by atoms with van der Waals surface area (Å²) in [6.45, 7) is 12.9. The lowest BCUT2D eigenvalue weighted by Crippen LogP contribution is -2.63. The molecule has 0 saturated carbocycles. The van der Waals surface area contributed by atoms with Crippen molar-refractivity contribution in [3.8, 4) is 11.4 Å². The molecule has 1 amide bonds. The molecule has 4 heterocycles. The molecular weight excluding hydrogens is 488 g/mol. The highest BCUT2D eigenvalue weighted by Crippen LogP contribution is 2.50. The van der Waals surface area contributed by atoms with Crippen LogP contribution in [0.15, 0.2) is 42.7 Å². The maximum atomic E-state index is 12.6. The Morgan fingerprint density at radius 2 is 1.74 bits per heavy atom. The maximum Gasteiger partial charge on any atom is 0.223 e. The number of likely N-dealkylation sites (tertiary alicyclic amines) is 2. The Morgan fingerprint density at radius 3 is 2.33 bits per heavy atom. The van der Waals surface area contributed by atoms with Crippen LogP contribution in [0, 0.1) is 5.41 Å². The number of benzene rings is 1. The van der Waals surface area contributed by atoms with Crippen LogP contribution < -0.4 is 0 Å². The number of nitrogens with zero attached hydrogens (tertiary/aromatic N) is 6. The van der Waals surface area contributed by atoms with Crippen molar-refractivity contribution >= 4 is 5.91 Å². The third-order valence-electron chi connectivity index (χ3n) is 8.69. The van der Waals surface area contributed by atoms with Crippen molar-refractivity contribution in [2.45, 2.75) is 70.9 Å². The molecule has 208 valence electrons. The molecule has 5 rings (SSSR count). The Morgan fingerprint density at radius 1 is 1.05 bits per heavy atom. The summed E-state index contributed by atoms with van der Waals surface area (Å²) in [5, 5.41) is 17.5. The molecule has 0 radical (unpaired) electrons. The summed E-state index contributed by atoms with van der Waals surface area (Å²) in [5.41, 5.74) is 2.00. The summed E-state index contributed by atoms with van der Waals surface area (Å²) < 4.78 is 1.95. The van der Waals surface area contributed by atoms with Crippen LogP contribution in [0.5, 0.6) is 0 Å². The van der Waals surface area contributed by atoms with Gasteiger partial charge >= 0.3 is 0 Å². The molecule has 3 aromatic rings. The van der Waals surface area contributed by atoms with Crippen LogP contribution in [-0.4, -0.2) is 74.3 Å². The van der Waals surface area contributed by atoms with Gasteiger partial charge in [0, 0.05) is 74.0 Å². The highest BCUT2D eigenvalue weighted by molar-refractivity contribution is 5.77. The van der Waals surface area contributed by atoms with Gasteiger partial charge in [-0.1, -0.05) is 45.0 Å². The molecule has 39 heavy (non-hydrogen) atoms. The molecule has 0 spiro atoms.